The molecule has 4 rings (SSSR count). The molecule has 0 saturated carbocycles. The molecule has 0 saturated heterocycles. The summed E-state index contributed by atoms with van der Waals surface area (Å²) in [7, 11) is -4.04. The van der Waals surface area contributed by atoms with Crippen molar-refractivity contribution in [2.24, 2.45) is 0 Å². The molecule has 0 spiro atoms. The lowest BCUT2D eigenvalue weighted by molar-refractivity contribution is 0.373. The van der Waals surface area contributed by atoms with Crippen LogP contribution in [0.2, 0.25) is 0 Å². The summed E-state index contributed by atoms with van der Waals surface area (Å²) in [6, 6.07) is 32.1. The standard InChI is InChI=1S/C30H39O3P.C10H15O3P/c1-7-22(4)25-16-10-13-19-28(25)31-34(32-29-20-14-11-17-26(29)23(5)8-2)33-30-21-15-12-18-27(30)24(6)9-3;1-2-3-6-9-7-4-5-8-10(9)13-14(11)12/h10-24H,7-9H2,1-6H3;4-5,7-8,11-12H,2-3,6H2,1H3. The van der Waals surface area contributed by atoms with Gasteiger partial charge in [-0.25, -0.2) is 0 Å². The van der Waals surface area contributed by atoms with E-state index in [0.29, 0.717) is 23.5 Å². The van der Waals surface area contributed by atoms with E-state index in [9.17, 15) is 0 Å². The maximum Gasteiger partial charge on any atom is 0.530 e. The quantitative estimate of drug-likeness (QED) is 0.107. The molecule has 260 valence electrons. The normalized spacial score (nSPS) is 13.5. The predicted molar refractivity (Wildman–Crippen MR) is 201 cm³/mol. The Kier molecular flexibility index (Phi) is 17.2. The largest absolute Gasteiger partial charge is 0.530 e. The molecule has 3 atom stereocenters. The molecular formula is C40H54O6P2. The first kappa shape index (κ1) is 39.3. The van der Waals surface area contributed by atoms with Crippen molar-refractivity contribution in [1.82, 2.24) is 0 Å². The Labute approximate surface area is 291 Å². The third-order valence-corrected chi connectivity index (χ3v) is 10.1. The van der Waals surface area contributed by atoms with Crippen molar-refractivity contribution in [2.75, 3.05) is 0 Å². The second-order valence-electron chi connectivity index (χ2n) is 12.1. The lowest BCUT2D eigenvalue weighted by Gasteiger charge is -2.24. The number of aryl methyl sites for hydroxylation is 1. The Bertz CT molecular complexity index is 1360. The monoisotopic (exact) mass is 692 g/mol. The van der Waals surface area contributed by atoms with E-state index in [0.717, 1.165) is 61.3 Å². The Morgan fingerprint density at radius 1 is 0.500 bits per heavy atom. The summed E-state index contributed by atoms with van der Waals surface area (Å²) in [6.07, 6.45) is 6.21. The maximum atomic E-state index is 8.75. The van der Waals surface area contributed by atoms with Crippen LogP contribution in [0.15, 0.2) is 97.1 Å². The topological polar surface area (TPSA) is 77.4 Å². The summed E-state index contributed by atoms with van der Waals surface area (Å²) in [4.78, 5) is 17.5. The lowest BCUT2D eigenvalue weighted by atomic mass is 9.98. The van der Waals surface area contributed by atoms with Crippen LogP contribution in [-0.2, 0) is 6.42 Å². The van der Waals surface area contributed by atoms with Crippen LogP contribution in [-0.4, -0.2) is 9.79 Å². The van der Waals surface area contributed by atoms with Crippen molar-refractivity contribution in [3.63, 3.8) is 0 Å². The Morgan fingerprint density at radius 3 is 1.21 bits per heavy atom. The van der Waals surface area contributed by atoms with Crippen molar-refractivity contribution < 1.29 is 27.9 Å². The van der Waals surface area contributed by atoms with Crippen LogP contribution in [0.4, 0.5) is 0 Å². The number of para-hydroxylation sites is 4. The van der Waals surface area contributed by atoms with E-state index in [4.69, 9.17) is 27.9 Å². The predicted octanol–water partition coefficient (Wildman–Crippen LogP) is 12.6. The average Bonchev–Trinajstić information content (AvgIpc) is 3.11. The SMILES string of the molecule is CCC(C)c1ccccc1OP(Oc1ccccc1C(C)CC)Oc1ccccc1C(C)CC.CCCCc1ccccc1OP(O)O. The molecule has 0 bridgehead atoms. The highest BCUT2D eigenvalue weighted by Gasteiger charge is 2.26. The van der Waals surface area contributed by atoms with E-state index in [1.807, 2.05) is 54.6 Å². The van der Waals surface area contributed by atoms with E-state index in [2.05, 4.69) is 84.9 Å². The first-order valence-electron chi connectivity index (χ1n) is 17.3. The van der Waals surface area contributed by atoms with Gasteiger partial charge in [-0.1, -0.05) is 128 Å². The fourth-order valence-corrected chi connectivity index (χ4v) is 6.57. The van der Waals surface area contributed by atoms with Gasteiger partial charge in [0.15, 0.2) is 0 Å². The van der Waals surface area contributed by atoms with Crippen LogP contribution in [0.25, 0.3) is 0 Å². The molecule has 0 amide bonds. The van der Waals surface area contributed by atoms with E-state index < -0.39 is 17.2 Å². The zero-order valence-electron chi connectivity index (χ0n) is 29.6. The van der Waals surface area contributed by atoms with Crippen LogP contribution in [0.5, 0.6) is 23.0 Å². The van der Waals surface area contributed by atoms with Gasteiger partial charge in [-0.05, 0) is 96.4 Å². The number of hydrogen-bond acceptors (Lipinski definition) is 6. The molecule has 2 N–H and O–H groups in total. The zero-order chi connectivity index (χ0) is 34.9. The van der Waals surface area contributed by atoms with E-state index >= 15 is 0 Å². The molecule has 0 aliphatic carbocycles. The average molecular weight is 693 g/mol. The maximum absolute atomic E-state index is 8.75. The first-order chi connectivity index (χ1) is 23.2. The lowest BCUT2D eigenvalue weighted by Crippen LogP contribution is -2.08. The van der Waals surface area contributed by atoms with Crippen molar-refractivity contribution in [2.45, 2.75) is 105 Å². The molecule has 0 aromatic heterocycles. The molecule has 4 aromatic carbocycles. The van der Waals surface area contributed by atoms with Crippen molar-refractivity contribution in [3.05, 3.63) is 119 Å². The molecule has 3 unspecified atom stereocenters. The highest BCUT2D eigenvalue weighted by molar-refractivity contribution is 7.43. The second-order valence-corrected chi connectivity index (χ2v) is 13.8. The van der Waals surface area contributed by atoms with Gasteiger partial charge in [0.25, 0.3) is 0 Å². The highest BCUT2D eigenvalue weighted by Crippen LogP contribution is 2.47. The minimum Gasteiger partial charge on any atom is -0.427 e. The zero-order valence-corrected chi connectivity index (χ0v) is 31.4. The van der Waals surface area contributed by atoms with Gasteiger partial charge in [-0.3, -0.25) is 0 Å². The van der Waals surface area contributed by atoms with Crippen molar-refractivity contribution in [1.29, 1.82) is 0 Å². The van der Waals surface area contributed by atoms with Crippen molar-refractivity contribution >= 4 is 17.2 Å². The third kappa shape index (κ3) is 12.1. The fraction of sp³-hybridized carbons (Fsp3) is 0.400. The number of benzene rings is 4. The van der Waals surface area contributed by atoms with Gasteiger partial charge in [-0.2, -0.15) is 0 Å². The Morgan fingerprint density at radius 2 is 0.854 bits per heavy atom. The van der Waals surface area contributed by atoms with Crippen LogP contribution in [0, 0.1) is 0 Å². The summed E-state index contributed by atoms with van der Waals surface area (Å²) in [5.41, 5.74) is 4.56. The van der Waals surface area contributed by atoms with Gasteiger partial charge in [0.05, 0.1) is 0 Å². The molecule has 0 heterocycles. The Balaban J connectivity index is 0.000000373. The van der Waals surface area contributed by atoms with Gasteiger partial charge in [-0.15, -0.1) is 0 Å². The van der Waals surface area contributed by atoms with Crippen molar-refractivity contribution in [3.8, 4) is 23.0 Å². The number of hydrogen-bond donors (Lipinski definition) is 2. The molecule has 4 aromatic rings. The number of unbranched alkanes of at least 4 members (excludes halogenated alkanes) is 1. The van der Waals surface area contributed by atoms with Gasteiger partial charge in [0, 0.05) is 0 Å². The van der Waals surface area contributed by atoms with Gasteiger partial charge in [0.2, 0.25) is 0 Å². The fourth-order valence-electron chi connectivity index (χ4n) is 5.12. The molecule has 0 radical (unpaired) electrons. The van der Waals surface area contributed by atoms with Gasteiger partial charge in [0.1, 0.15) is 23.0 Å². The van der Waals surface area contributed by atoms with E-state index in [1.165, 1.54) is 16.7 Å². The summed E-state index contributed by atoms with van der Waals surface area (Å²) in [6.45, 7) is 15.4. The minimum absolute atomic E-state index is 0.382. The van der Waals surface area contributed by atoms with E-state index in [1.54, 1.807) is 6.07 Å². The van der Waals surface area contributed by atoms with Gasteiger partial charge >= 0.3 is 17.2 Å². The molecule has 0 aliphatic heterocycles. The van der Waals surface area contributed by atoms with Crippen LogP contribution in [0.1, 0.15) is 121 Å². The van der Waals surface area contributed by atoms with Crippen LogP contribution < -0.4 is 18.1 Å². The minimum atomic E-state index is -2.31. The summed E-state index contributed by atoms with van der Waals surface area (Å²) < 4.78 is 24.5. The third-order valence-electron chi connectivity index (χ3n) is 8.66. The van der Waals surface area contributed by atoms with Gasteiger partial charge < -0.3 is 27.9 Å². The van der Waals surface area contributed by atoms with Crippen LogP contribution in [0.3, 0.4) is 0 Å². The molecule has 6 nitrogen and oxygen atoms in total. The van der Waals surface area contributed by atoms with E-state index in [-0.39, 0.29) is 0 Å². The molecule has 48 heavy (non-hydrogen) atoms. The first-order valence-corrected chi connectivity index (χ1v) is 19.5. The highest BCUT2D eigenvalue weighted by atomic mass is 31.2. The summed E-state index contributed by atoms with van der Waals surface area (Å²) in [5.74, 6) is 4.20. The molecular weight excluding hydrogens is 638 g/mol. The second kappa shape index (κ2) is 21.1. The molecule has 0 aliphatic rings. The smallest absolute Gasteiger partial charge is 0.427 e. The molecule has 8 heteroatoms. The Hall–Kier alpha value is -3.14. The van der Waals surface area contributed by atoms with Crippen LogP contribution >= 0.6 is 17.2 Å². The summed E-state index contributed by atoms with van der Waals surface area (Å²) in [5, 5.41) is 0. The summed E-state index contributed by atoms with van der Waals surface area (Å²) >= 11 is 0. The molecule has 0 fully saturated rings. The number of rotatable bonds is 17.